The van der Waals surface area contributed by atoms with Crippen LogP contribution in [0.4, 0.5) is 0 Å². The second-order valence-electron chi connectivity index (χ2n) is 7.33. The first-order valence-electron chi connectivity index (χ1n) is 9.89. The van der Waals surface area contributed by atoms with Gasteiger partial charge in [-0.2, -0.15) is 0 Å². The number of methoxy groups -OCH3 is 1. The zero-order valence-electron chi connectivity index (χ0n) is 16.6. The van der Waals surface area contributed by atoms with E-state index in [2.05, 4.69) is 40.2 Å². The highest BCUT2D eigenvalue weighted by Crippen LogP contribution is 2.30. The molecule has 5 nitrogen and oxygen atoms in total. The van der Waals surface area contributed by atoms with Gasteiger partial charge in [-0.25, -0.2) is 4.98 Å². The van der Waals surface area contributed by atoms with Gasteiger partial charge < -0.3 is 14.6 Å². The zero-order valence-corrected chi connectivity index (χ0v) is 17.4. The Kier molecular flexibility index (Phi) is 6.44. The van der Waals surface area contributed by atoms with Crippen molar-refractivity contribution in [2.45, 2.75) is 32.1 Å². The lowest BCUT2D eigenvalue weighted by Gasteiger charge is -2.30. The Balaban J connectivity index is 1.57. The number of hydrogen-bond donors (Lipinski definition) is 1. The topological polar surface area (TPSA) is 54.8 Å². The molecule has 29 heavy (non-hydrogen) atoms. The number of aliphatic hydroxyl groups is 1. The molecule has 1 N–H and O–H groups in total. The Labute approximate surface area is 175 Å². The maximum absolute atomic E-state index is 9.81. The van der Waals surface area contributed by atoms with E-state index in [1.165, 1.54) is 0 Å². The van der Waals surface area contributed by atoms with Gasteiger partial charge in [0.05, 0.1) is 24.4 Å². The summed E-state index contributed by atoms with van der Waals surface area (Å²) in [6, 6.07) is 14.5. The van der Waals surface area contributed by atoms with Crippen molar-refractivity contribution in [1.82, 2.24) is 9.88 Å². The number of likely N-dealkylation sites (tertiary alicyclic amines) is 1. The Morgan fingerprint density at radius 1 is 1.10 bits per heavy atom. The SMILES string of the molecule is COc1ccc(-c2ccc(OCc3cscn3)c(CN3CCC(O)CC3)c2)cc1. The van der Waals surface area contributed by atoms with Gasteiger partial charge in [0, 0.05) is 30.6 Å². The molecule has 3 aromatic rings. The second kappa shape index (κ2) is 9.39. The molecule has 2 heterocycles. The molecule has 1 aliphatic heterocycles. The number of benzene rings is 2. The minimum absolute atomic E-state index is 0.169. The van der Waals surface area contributed by atoms with Crippen molar-refractivity contribution < 1.29 is 14.6 Å². The fourth-order valence-corrected chi connectivity index (χ4v) is 4.13. The van der Waals surface area contributed by atoms with Crippen LogP contribution in [-0.4, -0.2) is 41.3 Å². The third-order valence-electron chi connectivity index (χ3n) is 5.29. The Bertz CT molecular complexity index is 904. The summed E-state index contributed by atoms with van der Waals surface area (Å²) in [6.07, 6.45) is 1.48. The highest BCUT2D eigenvalue weighted by molar-refractivity contribution is 7.07. The quantitative estimate of drug-likeness (QED) is 0.627. The van der Waals surface area contributed by atoms with Crippen LogP contribution < -0.4 is 9.47 Å². The molecule has 152 valence electrons. The van der Waals surface area contributed by atoms with Crippen LogP contribution >= 0.6 is 11.3 Å². The smallest absolute Gasteiger partial charge is 0.131 e. The summed E-state index contributed by atoms with van der Waals surface area (Å²) in [5.41, 5.74) is 6.23. The summed E-state index contributed by atoms with van der Waals surface area (Å²) < 4.78 is 11.4. The number of thiazole rings is 1. The zero-order chi connectivity index (χ0) is 20.1. The molecule has 1 aromatic heterocycles. The van der Waals surface area contributed by atoms with Gasteiger partial charge in [0.2, 0.25) is 0 Å². The molecule has 0 aliphatic carbocycles. The first-order valence-corrected chi connectivity index (χ1v) is 10.8. The lowest BCUT2D eigenvalue weighted by atomic mass is 10.0. The van der Waals surface area contributed by atoms with E-state index in [9.17, 15) is 5.11 Å². The van der Waals surface area contributed by atoms with Gasteiger partial charge in [-0.15, -0.1) is 11.3 Å². The van der Waals surface area contributed by atoms with E-state index >= 15 is 0 Å². The van der Waals surface area contributed by atoms with E-state index in [4.69, 9.17) is 9.47 Å². The number of rotatable bonds is 7. The van der Waals surface area contributed by atoms with Crippen LogP contribution in [0.1, 0.15) is 24.1 Å². The Morgan fingerprint density at radius 2 is 1.86 bits per heavy atom. The van der Waals surface area contributed by atoms with Crippen LogP contribution in [0.2, 0.25) is 0 Å². The van der Waals surface area contributed by atoms with Crippen molar-refractivity contribution in [3.63, 3.8) is 0 Å². The fourth-order valence-electron chi connectivity index (χ4n) is 3.59. The molecular weight excluding hydrogens is 384 g/mol. The predicted octanol–water partition coefficient (Wildman–Crippen LogP) is 4.35. The molecule has 6 heteroatoms. The molecule has 0 unspecified atom stereocenters. The number of aromatic nitrogens is 1. The number of nitrogens with zero attached hydrogens (tertiary/aromatic N) is 2. The monoisotopic (exact) mass is 410 g/mol. The second-order valence-corrected chi connectivity index (χ2v) is 8.05. The van der Waals surface area contributed by atoms with E-state index in [0.717, 1.165) is 66.4 Å². The first kappa shape index (κ1) is 19.9. The van der Waals surface area contributed by atoms with Crippen molar-refractivity contribution in [3.05, 3.63) is 64.6 Å². The highest BCUT2D eigenvalue weighted by atomic mass is 32.1. The molecule has 0 atom stereocenters. The Hall–Kier alpha value is -2.41. The van der Waals surface area contributed by atoms with Crippen LogP contribution in [0.3, 0.4) is 0 Å². The van der Waals surface area contributed by atoms with Gasteiger partial charge >= 0.3 is 0 Å². The van der Waals surface area contributed by atoms with Crippen molar-refractivity contribution in [2.24, 2.45) is 0 Å². The lowest BCUT2D eigenvalue weighted by Crippen LogP contribution is -2.35. The molecule has 1 saturated heterocycles. The Morgan fingerprint density at radius 3 is 2.55 bits per heavy atom. The summed E-state index contributed by atoms with van der Waals surface area (Å²) in [4.78, 5) is 6.69. The van der Waals surface area contributed by atoms with Crippen molar-refractivity contribution in [1.29, 1.82) is 0 Å². The summed E-state index contributed by atoms with van der Waals surface area (Å²) in [6.45, 7) is 3.08. The van der Waals surface area contributed by atoms with Gasteiger partial charge in [-0.3, -0.25) is 4.90 Å². The van der Waals surface area contributed by atoms with E-state index < -0.39 is 0 Å². The lowest BCUT2D eigenvalue weighted by molar-refractivity contribution is 0.0787. The van der Waals surface area contributed by atoms with Crippen LogP contribution in [0.5, 0.6) is 11.5 Å². The summed E-state index contributed by atoms with van der Waals surface area (Å²) in [5, 5.41) is 11.8. The van der Waals surface area contributed by atoms with Crippen molar-refractivity contribution in [3.8, 4) is 22.6 Å². The number of hydrogen-bond acceptors (Lipinski definition) is 6. The molecular formula is C23H26N2O3S. The van der Waals surface area contributed by atoms with Crippen LogP contribution in [0.15, 0.2) is 53.4 Å². The fraction of sp³-hybridized carbons (Fsp3) is 0.348. The van der Waals surface area contributed by atoms with Crippen LogP contribution in [0.25, 0.3) is 11.1 Å². The number of aliphatic hydroxyl groups excluding tert-OH is 1. The maximum atomic E-state index is 9.81. The molecule has 2 aromatic carbocycles. The van der Waals surface area contributed by atoms with Gasteiger partial charge in [0.1, 0.15) is 18.1 Å². The van der Waals surface area contributed by atoms with Gasteiger partial charge in [-0.05, 0) is 48.2 Å². The maximum Gasteiger partial charge on any atom is 0.131 e. The van der Waals surface area contributed by atoms with Crippen molar-refractivity contribution in [2.75, 3.05) is 20.2 Å². The summed E-state index contributed by atoms with van der Waals surface area (Å²) in [5.74, 6) is 1.74. The standard InChI is InChI=1S/C23H26N2O3S/c1-27-22-5-2-17(3-6-22)18-4-7-23(28-14-20-15-29-16-24-20)19(12-18)13-25-10-8-21(26)9-11-25/h2-7,12,15-16,21,26H,8-11,13-14H2,1H3. The van der Waals surface area contributed by atoms with Gasteiger partial charge in [0.15, 0.2) is 0 Å². The number of ether oxygens (including phenoxy) is 2. The van der Waals surface area contributed by atoms with Crippen LogP contribution in [-0.2, 0) is 13.2 Å². The van der Waals surface area contributed by atoms with E-state index in [0.29, 0.717) is 6.61 Å². The summed E-state index contributed by atoms with van der Waals surface area (Å²) in [7, 11) is 1.68. The largest absolute Gasteiger partial charge is 0.497 e. The average molecular weight is 411 g/mol. The molecule has 4 rings (SSSR count). The van der Waals surface area contributed by atoms with Crippen molar-refractivity contribution >= 4 is 11.3 Å². The number of piperidine rings is 1. The third kappa shape index (κ3) is 5.15. The molecule has 0 amide bonds. The molecule has 1 aliphatic rings. The highest BCUT2D eigenvalue weighted by Gasteiger charge is 2.19. The predicted molar refractivity (Wildman–Crippen MR) is 115 cm³/mol. The molecule has 0 saturated carbocycles. The molecule has 0 spiro atoms. The van der Waals surface area contributed by atoms with Crippen LogP contribution in [0, 0.1) is 0 Å². The average Bonchev–Trinajstić information content (AvgIpc) is 3.28. The minimum Gasteiger partial charge on any atom is -0.497 e. The molecule has 1 fully saturated rings. The van der Waals surface area contributed by atoms with E-state index in [1.54, 1.807) is 18.4 Å². The van der Waals surface area contributed by atoms with Gasteiger partial charge in [0.25, 0.3) is 0 Å². The summed E-state index contributed by atoms with van der Waals surface area (Å²) >= 11 is 1.58. The first-order chi connectivity index (χ1) is 14.2. The molecule has 0 radical (unpaired) electrons. The van der Waals surface area contributed by atoms with Gasteiger partial charge in [-0.1, -0.05) is 18.2 Å². The third-order valence-corrected chi connectivity index (χ3v) is 5.93. The van der Waals surface area contributed by atoms with E-state index in [1.807, 2.05) is 23.0 Å². The minimum atomic E-state index is -0.169. The normalized spacial score (nSPS) is 15.4. The molecule has 0 bridgehead atoms. The van der Waals surface area contributed by atoms with E-state index in [-0.39, 0.29) is 6.10 Å².